The monoisotopic (exact) mass is 285 g/mol. The van der Waals surface area contributed by atoms with Gasteiger partial charge in [0.1, 0.15) is 0 Å². The predicted molar refractivity (Wildman–Crippen MR) is 85.3 cm³/mol. The molecule has 0 heterocycles. The summed E-state index contributed by atoms with van der Waals surface area (Å²) >= 11 is 0. The molecule has 5 heteroatoms. The van der Waals surface area contributed by atoms with Gasteiger partial charge in [-0.3, -0.25) is 10.1 Å². The number of non-ortho nitro benzene ring substituents is 1. The minimum Gasteiger partial charge on any atom is -0.398 e. The summed E-state index contributed by atoms with van der Waals surface area (Å²) in [5, 5.41) is 11.0. The van der Waals surface area contributed by atoms with Crippen LogP contribution in [0.3, 0.4) is 0 Å². The van der Waals surface area contributed by atoms with Crippen LogP contribution in [0.2, 0.25) is 0 Å². The summed E-state index contributed by atoms with van der Waals surface area (Å²) < 4.78 is 0. The summed E-state index contributed by atoms with van der Waals surface area (Å²) in [5.41, 5.74) is 8.13. The van der Waals surface area contributed by atoms with Crippen LogP contribution in [-0.2, 0) is 6.54 Å². The summed E-state index contributed by atoms with van der Waals surface area (Å²) in [6.07, 6.45) is 0. The van der Waals surface area contributed by atoms with Gasteiger partial charge >= 0.3 is 0 Å². The number of nitrogens with two attached hydrogens (primary N) is 1. The molecule has 0 aliphatic rings. The molecular formula is C16H19N3O2. The zero-order valence-corrected chi connectivity index (χ0v) is 12.2. The van der Waals surface area contributed by atoms with Gasteiger partial charge in [0.2, 0.25) is 0 Å². The lowest BCUT2D eigenvalue weighted by atomic mass is 10.1. The van der Waals surface area contributed by atoms with Gasteiger partial charge in [0, 0.05) is 36.1 Å². The maximum absolute atomic E-state index is 11.0. The quantitative estimate of drug-likeness (QED) is 0.517. The molecule has 110 valence electrons. The van der Waals surface area contributed by atoms with Gasteiger partial charge in [-0.15, -0.1) is 0 Å². The lowest BCUT2D eigenvalue weighted by Gasteiger charge is -2.29. The Morgan fingerprint density at radius 3 is 2.43 bits per heavy atom. The van der Waals surface area contributed by atoms with E-state index >= 15 is 0 Å². The number of hydrogen-bond donors (Lipinski definition) is 1. The number of nitro benzene ring substituents is 1. The highest BCUT2D eigenvalue weighted by Crippen LogP contribution is 2.28. The van der Waals surface area contributed by atoms with E-state index in [1.54, 1.807) is 12.1 Å². The fourth-order valence-electron chi connectivity index (χ4n) is 2.24. The zero-order valence-electron chi connectivity index (χ0n) is 12.2. The molecule has 5 nitrogen and oxygen atoms in total. The van der Waals surface area contributed by atoms with Crippen LogP contribution in [0.4, 0.5) is 17.1 Å². The van der Waals surface area contributed by atoms with Crippen LogP contribution in [0, 0.1) is 10.1 Å². The summed E-state index contributed by atoms with van der Waals surface area (Å²) in [5.74, 6) is 0. The van der Waals surface area contributed by atoms with E-state index in [9.17, 15) is 10.1 Å². The molecule has 0 saturated carbocycles. The maximum atomic E-state index is 11.0. The van der Waals surface area contributed by atoms with Crippen molar-refractivity contribution < 1.29 is 4.92 Å². The number of benzene rings is 2. The fraction of sp³-hybridized carbons (Fsp3) is 0.250. The van der Waals surface area contributed by atoms with Gasteiger partial charge in [-0.25, -0.2) is 0 Å². The Morgan fingerprint density at radius 2 is 1.86 bits per heavy atom. The summed E-state index contributed by atoms with van der Waals surface area (Å²) in [6.45, 7) is 4.79. The van der Waals surface area contributed by atoms with Gasteiger partial charge < -0.3 is 10.6 Å². The van der Waals surface area contributed by atoms with Crippen LogP contribution in [0.5, 0.6) is 0 Å². The van der Waals surface area contributed by atoms with Crippen molar-refractivity contribution in [1.29, 1.82) is 0 Å². The largest absolute Gasteiger partial charge is 0.398 e. The molecule has 2 aromatic rings. The predicted octanol–water partition coefficient (Wildman–Crippen LogP) is 3.59. The van der Waals surface area contributed by atoms with Gasteiger partial charge in [-0.05, 0) is 25.5 Å². The van der Waals surface area contributed by atoms with Crippen molar-refractivity contribution in [2.75, 3.05) is 10.6 Å². The average Bonchev–Trinajstić information content (AvgIpc) is 2.44. The molecule has 0 fully saturated rings. The lowest BCUT2D eigenvalue weighted by molar-refractivity contribution is -0.384. The highest BCUT2D eigenvalue weighted by atomic mass is 16.6. The molecule has 0 spiro atoms. The molecular weight excluding hydrogens is 266 g/mol. The average molecular weight is 285 g/mol. The van der Waals surface area contributed by atoms with E-state index in [1.165, 1.54) is 6.07 Å². The number of nitro groups is 1. The van der Waals surface area contributed by atoms with Gasteiger partial charge in [-0.1, -0.05) is 30.3 Å². The van der Waals surface area contributed by atoms with Crippen LogP contribution in [-0.4, -0.2) is 11.0 Å². The van der Waals surface area contributed by atoms with Crippen LogP contribution in [0.15, 0.2) is 48.5 Å². The summed E-state index contributed by atoms with van der Waals surface area (Å²) in [6, 6.07) is 14.9. The molecule has 0 unspecified atom stereocenters. The minimum atomic E-state index is -0.416. The maximum Gasteiger partial charge on any atom is 0.273 e. The van der Waals surface area contributed by atoms with Crippen molar-refractivity contribution in [3.8, 4) is 0 Å². The van der Waals surface area contributed by atoms with Crippen LogP contribution in [0.25, 0.3) is 0 Å². The Kier molecular flexibility index (Phi) is 4.42. The van der Waals surface area contributed by atoms with Crippen LogP contribution < -0.4 is 10.6 Å². The number of rotatable bonds is 5. The van der Waals surface area contributed by atoms with Crippen molar-refractivity contribution in [3.05, 3.63) is 64.2 Å². The number of hydrogen-bond acceptors (Lipinski definition) is 4. The van der Waals surface area contributed by atoms with Crippen molar-refractivity contribution in [1.82, 2.24) is 0 Å². The standard InChI is InChI=1S/C16H19N3O2/c1-12(2)18(11-13-6-4-3-5-7-13)15-8-14(17)9-16(10-15)19(20)21/h3-10,12H,11,17H2,1-2H3. The van der Waals surface area contributed by atoms with E-state index in [0.29, 0.717) is 12.2 Å². The highest BCUT2D eigenvalue weighted by molar-refractivity contribution is 5.63. The summed E-state index contributed by atoms with van der Waals surface area (Å²) in [7, 11) is 0. The molecule has 0 bridgehead atoms. The third-order valence-corrected chi connectivity index (χ3v) is 3.29. The first-order valence-corrected chi connectivity index (χ1v) is 6.83. The number of nitrogen functional groups attached to an aromatic ring is 1. The van der Waals surface area contributed by atoms with E-state index in [0.717, 1.165) is 11.3 Å². The molecule has 0 amide bonds. The molecule has 0 aliphatic carbocycles. The lowest BCUT2D eigenvalue weighted by Crippen LogP contribution is -2.30. The second-order valence-corrected chi connectivity index (χ2v) is 5.25. The van der Waals surface area contributed by atoms with Crippen molar-refractivity contribution in [3.63, 3.8) is 0 Å². The Bertz CT molecular complexity index is 627. The Labute approximate surface area is 124 Å². The van der Waals surface area contributed by atoms with E-state index < -0.39 is 4.92 Å². The van der Waals surface area contributed by atoms with Crippen LogP contribution in [0.1, 0.15) is 19.4 Å². The molecule has 0 aliphatic heterocycles. The summed E-state index contributed by atoms with van der Waals surface area (Å²) in [4.78, 5) is 12.7. The highest BCUT2D eigenvalue weighted by Gasteiger charge is 2.16. The van der Waals surface area contributed by atoms with E-state index in [-0.39, 0.29) is 11.7 Å². The number of nitrogens with zero attached hydrogens (tertiary/aromatic N) is 2. The minimum absolute atomic E-state index is 0.0173. The molecule has 0 radical (unpaired) electrons. The van der Waals surface area contributed by atoms with E-state index in [2.05, 4.69) is 18.7 Å². The van der Waals surface area contributed by atoms with Gasteiger partial charge in [0.15, 0.2) is 0 Å². The number of anilines is 2. The van der Waals surface area contributed by atoms with Gasteiger partial charge in [0.25, 0.3) is 5.69 Å². The molecule has 0 atom stereocenters. The van der Waals surface area contributed by atoms with Crippen LogP contribution >= 0.6 is 0 Å². The smallest absolute Gasteiger partial charge is 0.273 e. The molecule has 2 rings (SSSR count). The second-order valence-electron chi connectivity index (χ2n) is 5.25. The third kappa shape index (κ3) is 3.72. The van der Waals surface area contributed by atoms with Gasteiger partial charge in [-0.2, -0.15) is 0 Å². The Hall–Kier alpha value is -2.56. The first-order valence-electron chi connectivity index (χ1n) is 6.83. The van der Waals surface area contributed by atoms with E-state index in [4.69, 9.17) is 5.73 Å². The molecule has 2 N–H and O–H groups in total. The third-order valence-electron chi connectivity index (χ3n) is 3.29. The Morgan fingerprint density at radius 1 is 1.19 bits per heavy atom. The Balaban J connectivity index is 2.36. The second kappa shape index (κ2) is 6.26. The van der Waals surface area contributed by atoms with Gasteiger partial charge in [0.05, 0.1) is 4.92 Å². The SMILES string of the molecule is CC(C)N(Cc1ccccc1)c1cc(N)cc([N+](=O)[O-])c1. The molecule has 21 heavy (non-hydrogen) atoms. The normalized spacial score (nSPS) is 10.6. The van der Waals surface area contributed by atoms with Crippen molar-refractivity contribution in [2.45, 2.75) is 26.4 Å². The van der Waals surface area contributed by atoms with Crippen molar-refractivity contribution >= 4 is 17.1 Å². The zero-order chi connectivity index (χ0) is 15.4. The fourth-order valence-corrected chi connectivity index (χ4v) is 2.24. The molecule has 2 aromatic carbocycles. The first-order chi connectivity index (χ1) is 9.97. The topological polar surface area (TPSA) is 72.4 Å². The van der Waals surface area contributed by atoms with Crippen molar-refractivity contribution in [2.24, 2.45) is 0 Å². The first kappa shape index (κ1) is 14.8. The molecule has 0 saturated heterocycles. The molecule has 0 aromatic heterocycles. The van der Waals surface area contributed by atoms with E-state index in [1.807, 2.05) is 30.3 Å².